The van der Waals surface area contributed by atoms with Crippen molar-refractivity contribution in [1.29, 1.82) is 0 Å². The normalized spacial score (nSPS) is 10.8. The molecule has 0 aliphatic heterocycles. The van der Waals surface area contributed by atoms with Gasteiger partial charge in [0.05, 0.1) is 0 Å². The molecule has 3 nitrogen and oxygen atoms in total. The van der Waals surface area contributed by atoms with E-state index in [1.54, 1.807) is 12.1 Å². The van der Waals surface area contributed by atoms with Gasteiger partial charge in [-0.15, -0.1) is 0 Å². The van der Waals surface area contributed by atoms with Crippen LogP contribution in [0.4, 0.5) is 10.1 Å². The van der Waals surface area contributed by atoms with Crippen LogP contribution in [0.15, 0.2) is 42.5 Å². The Morgan fingerprint density at radius 1 is 1.10 bits per heavy atom. The first kappa shape index (κ1) is 13.4. The largest absolute Gasteiger partial charge is 0.351 e. The van der Waals surface area contributed by atoms with Gasteiger partial charge in [0.2, 0.25) is 0 Å². The molecule has 0 aliphatic carbocycles. The third kappa shape index (κ3) is 2.65. The van der Waals surface area contributed by atoms with E-state index < -0.39 is 0 Å². The van der Waals surface area contributed by atoms with Gasteiger partial charge in [-0.3, -0.25) is 4.79 Å². The maximum atomic E-state index is 13.3. The molecule has 0 saturated heterocycles. The number of H-pyrrole nitrogens is 1. The number of aromatic nitrogens is 1. The van der Waals surface area contributed by atoms with Gasteiger partial charge in [-0.2, -0.15) is 0 Å². The van der Waals surface area contributed by atoms with Gasteiger partial charge in [-0.05, 0) is 49.2 Å². The van der Waals surface area contributed by atoms with E-state index in [9.17, 15) is 9.18 Å². The second-order valence-corrected chi connectivity index (χ2v) is 5.19. The number of aromatic amines is 1. The Kier molecular flexibility index (Phi) is 3.22. The lowest BCUT2D eigenvalue weighted by atomic mass is 10.2. The molecule has 2 aromatic carbocycles. The van der Waals surface area contributed by atoms with E-state index in [4.69, 9.17) is 0 Å². The molecule has 0 radical (unpaired) electrons. The minimum absolute atomic E-state index is 0.280. The summed E-state index contributed by atoms with van der Waals surface area (Å²) in [7, 11) is 0. The molecule has 0 saturated carbocycles. The van der Waals surface area contributed by atoms with Crippen LogP contribution in [0.3, 0.4) is 0 Å². The average molecular weight is 282 g/mol. The summed E-state index contributed by atoms with van der Waals surface area (Å²) < 4.78 is 13.3. The molecule has 4 heteroatoms. The van der Waals surface area contributed by atoms with Gasteiger partial charge in [0.1, 0.15) is 11.5 Å². The highest BCUT2D eigenvalue weighted by Gasteiger charge is 2.11. The van der Waals surface area contributed by atoms with Crippen LogP contribution in [0.5, 0.6) is 0 Å². The molecule has 0 unspecified atom stereocenters. The van der Waals surface area contributed by atoms with Gasteiger partial charge in [0.15, 0.2) is 0 Å². The van der Waals surface area contributed by atoms with Crippen molar-refractivity contribution in [2.45, 2.75) is 13.8 Å². The number of nitrogens with one attached hydrogen (secondary N) is 2. The fourth-order valence-corrected chi connectivity index (χ4v) is 2.28. The van der Waals surface area contributed by atoms with Crippen molar-refractivity contribution in [3.8, 4) is 0 Å². The van der Waals surface area contributed by atoms with Crippen LogP contribution in [0.25, 0.3) is 10.9 Å². The van der Waals surface area contributed by atoms with Gasteiger partial charge in [-0.1, -0.05) is 18.2 Å². The summed E-state index contributed by atoms with van der Waals surface area (Å²) in [5.74, 6) is -0.652. The van der Waals surface area contributed by atoms with Gasteiger partial charge < -0.3 is 10.3 Å². The molecule has 0 aliphatic rings. The molecule has 0 atom stereocenters. The van der Waals surface area contributed by atoms with Crippen molar-refractivity contribution in [3.63, 3.8) is 0 Å². The van der Waals surface area contributed by atoms with Crippen molar-refractivity contribution < 1.29 is 9.18 Å². The number of carbonyl (C=O) groups is 1. The minimum Gasteiger partial charge on any atom is -0.351 e. The van der Waals surface area contributed by atoms with Gasteiger partial charge >= 0.3 is 0 Å². The van der Waals surface area contributed by atoms with Crippen molar-refractivity contribution >= 4 is 22.5 Å². The highest BCUT2D eigenvalue weighted by atomic mass is 19.1. The fourth-order valence-electron chi connectivity index (χ4n) is 2.28. The molecule has 0 bridgehead atoms. The van der Waals surface area contributed by atoms with E-state index >= 15 is 0 Å². The summed E-state index contributed by atoms with van der Waals surface area (Å²) in [5, 5.41) is 3.71. The third-order valence-electron chi connectivity index (χ3n) is 3.47. The highest BCUT2D eigenvalue weighted by molar-refractivity contribution is 6.06. The molecular formula is C17H15FN2O. The van der Waals surface area contributed by atoms with Crippen LogP contribution in [-0.4, -0.2) is 10.9 Å². The van der Waals surface area contributed by atoms with Crippen LogP contribution >= 0.6 is 0 Å². The van der Waals surface area contributed by atoms with Crippen LogP contribution in [0.2, 0.25) is 0 Å². The first-order valence-electron chi connectivity index (χ1n) is 6.70. The summed E-state index contributed by atoms with van der Waals surface area (Å²) >= 11 is 0. The summed E-state index contributed by atoms with van der Waals surface area (Å²) in [5.41, 5.74) is 3.79. The number of benzene rings is 2. The number of rotatable bonds is 2. The minimum atomic E-state index is -0.372. The number of hydrogen-bond acceptors (Lipinski definition) is 1. The Balaban J connectivity index is 1.91. The molecule has 0 fully saturated rings. The molecule has 1 amide bonds. The van der Waals surface area contributed by atoms with E-state index in [1.165, 1.54) is 12.1 Å². The molecule has 1 aromatic heterocycles. The smallest absolute Gasteiger partial charge is 0.272 e. The second kappa shape index (κ2) is 5.05. The van der Waals surface area contributed by atoms with E-state index in [0.29, 0.717) is 11.4 Å². The first-order chi connectivity index (χ1) is 10.0. The number of anilines is 1. The summed E-state index contributed by atoms with van der Waals surface area (Å²) in [6, 6.07) is 12.1. The molecule has 21 heavy (non-hydrogen) atoms. The van der Waals surface area contributed by atoms with Crippen LogP contribution in [-0.2, 0) is 0 Å². The lowest BCUT2D eigenvalue weighted by Crippen LogP contribution is -2.13. The van der Waals surface area contributed by atoms with Crippen molar-refractivity contribution in [1.82, 2.24) is 4.98 Å². The Hall–Kier alpha value is -2.62. The maximum absolute atomic E-state index is 13.3. The van der Waals surface area contributed by atoms with E-state index in [0.717, 1.165) is 22.0 Å². The maximum Gasteiger partial charge on any atom is 0.272 e. The van der Waals surface area contributed by atoms with Crippen molar-refractivity contribution in [2.75, 3.05) is 5.32 Å². The van der Waals surface area contributed by atoms with Gasteiger partial charge in [0, 0.05) is 16.6 Å². The zero-order valence-corrected chi connectivity index (χ0v) is 11.8. The lowest BCUT2D eigenvalue weighted by molar-refractivity contribution is 0.102. The Morgan fingerprint density at radius 2 is 1.90 bits per heavy atom. The Labute approximate surface area is 121 Å². The van der Waals surface area contributed by atoms with Gasteiger partial charge in [0.25, 0.3) is 5.91 Å². The molecule has 1 heterocycles. The van der Waals surface area contributed by atoms with Crippen molar-refractivity contribution in [3.05, 3.63) is 65.1 Å². The van der Waals surface area contributed by atoms with Crippen LogP contribution < -0.4 is 5.32 Å². The fraction of sp³-hybridized carbons (Fsp3) is 0.118. The number of carbonyl (C=O) groups excluding carboxylic acids is 1. The Bertz CT molecular complexity index is 836. The molecular weight excluding hydrogens is 267 g/mol. The monoisotopic (exact) mass is 282 g/mol. The first-order valence-corrected chi connectivity index (χ1v) is 6.70. The van der Waals surface area contributed by atoms with E-state index in [-0.39, 0.29) is 11.7 Å². The summed E-state index contributed by atoms with van der Waals surface area (Å²) in [4.78, 5) is 15.4. The SMILES string of the molecule is Cc1ccc2cc(C(=O)Nc3cc(F)ccc3C)[nH]c2c1. The number of fused-ring (bicyclic) bond motifs is 1. The third-order valence-corrected chi connectivity index (χ3v) is 3.47. The topological polar surface area (TPSA) is 44.9 Å². The molecule has 2 N–H and O–H groups in total. The van der Waals surface area contributed by atoms with Crippen LogP contribution in [0.1, 0.15) is 21.6 Å². The zero-order chi connectivity index (χ0) is 15.0. The average Bonchev–Trinajstić information content (AvgIpc) is 2.86. The Morgan fingerprint density at radius 3 is 2.71 bits per heavy atom. The number of aryl methyl sites for hydroxylation is 2. The van der Waals surface area contributed by atoms with E-state index in [2.05, 4.69) is 10.3 Å². The van der Waals surface area contributed by atoms with Gasteiger partial charge in [-0.25, -0.2) is 4.39 Å². The van der Waals surface area contributed by atoms with Crippen LogP contribution in [0, 0.1) is 19.7 Å². The second-order valence-electron chi connectivity index (χ2n) is 5.19. The predicted octanol–water partition coefficient (Wildman–Crippen LogP) is 4.18. The quantitative estimate of drug-likeness (QED) is 0.727. The summed E-state index contributed by atoms with van der Waals surface area (Å²) in [6.07, 6.45) is 0. The highest BCUT2D eigenvalue weighted by Crippen LogP contribution is 2.20. The zero-order valence-electron chi connectivity index (χ0n) is 11.8. The number of amides is 1. The summed E-state index contributed by atoms with van der Waals surface area (Å²) in [6.45, 7) is 3.82. The molecule has 106 valence electrons. The molecule has 3 rings (SSSR count). The number of halogens is 1. The lowest BCUT2D eigenvalue weighted by Gasteiger charge is -2.07. The predicted molar refractivity (Wildman–Crippen MR) is 82.1 cm³/mol. The van der Waals surface area contributed by atoms with E-state index in [1.807, 2.05) is 32.0 Å². The number of hydrogen-bond donors (Lipinski definition) is 2. The standard InChI is InChI=1S/C17H15FN2O/c1-10-3-5-12-8-16(19-15(12)7-10)17(21)20-14-9-13(18)6-4-11(14)2/h3-9,19H,1-2H3,(H,20,21). The molecule has 0 spiro atoms. The molecule has 3 aromatic rings. The van der Waals surface area contributed by atoms with Crippen molar-refractivity contribution in [2.24, 2.45) is 0 Å².